The van der Waals surface area contributed by atoms with Crippen LogP contribution in [0.3, 0.4) is 0 Å². The van der Waals surface area contributed by atoms with Gasteiger partial charge < -0.3 is 19.9 Å². The number of carbonyl (C=O) groups is 4. The van der Waals surface area contributed by atoms with Crippen LogP contribution in [0.4, 0.5) is 21.5 Å². The molecule has 1 aliphatic rings. The van der Waals surface area contributed by atoms with E-state index in [1.54, 1.807) is 54.6 Å². The van der Waals surface area contributed by atoms with Crippen LogP contribution in [-0.2, 0) is 20.9 Å². The van der Waals surface area contributed by atoms with Crippen molar-refractivity contribution in [1.29, 1.82) is 0 Å². The summed E-state index contributed by atoms with van der Waals surface area (Å²) < 4.78 is 19.1. The molecular weight excluding hydrogens is 563 g/mol. The summed E-state index contributed by atoms with van der Waals surface area (Å²) in [6.45, 7) is -0.569. The maximum Gasteiger partial charge on any atom is 0.299 e. The highest BCUT2D eigenvalue weighted by Gasteiger charge is 2.39. The lowest BCUT2D eigenvalue weighted by Gasteiger charge is -2.33. The Morgan fingerprint density at radius 2 is 1.55 bits per heavy atom. The van der Waals surface area contributed by atoms with Crippen molar-refractivity contribution >= 4 is 40.6 Å². The highest BCUT2D eigenvalue weighted by molar-refractivity contribution is 6.52. The molecule has 0 unspecified atom stereocenters. The summed E-state index contributed by atoms with van der Waals surface area (Å²) in [5.41, 5.74) is 3.03. The molecule has 0 spiro atoms. The molecule has 0 saturated heterocycles. The predicted molar refractivity (Wildman–Crippen MR) is 165 cm³/mol. The van der Waals surface area contributed by atoms with Crippen molar-refractivity contribution in [2.24, 2.45) is 0 Å². The first-order valence-electron chi connectivity index (χ1n) is 13.9. The van der Waals surface area contributed by atoms with Crippen molar-refractivity contribution in [1.82, 2.24) is 4.90 Å². The van der Waals surface area contributed by atoms with E-state index in [4.69, 9.17) is 4.74 Å². The lowest BCUT2D eigenvalue weighted by molar-refractivity contribution is -0.139. The van der Waals surface area contributed by atoms with Crippen molar-refractivity contribution < 1.29 is 28.3 Å². The van der Waals surface area contributed by atoms with Gasteiger partial charge in [-0.25, -0.2) is 4.39 Å². The highest BCUT2D eigenvalue weighted by Crippen LogP contribution is 2.31. The smallest absolute Gasteiger partial charge is 0.299 e. The lowest BCUT2D eigenvalue weighted by atomic mass is 10.0. The average molecular weight is 595 g/mol. The molecule has 44 heavy (non-hydrogen) atoms. The number of halogens is 1. The number of amides is 3. The van der Waals surface area contributed by atoms with Crippen LogP contribution in [0, 0.1) is 5.82 Å². The zero-order valence-electron chi connectivity index (χ0n) is 24.5. The number of benzene rings is 4. The van der Waals surface area contributed by atoms with E-state index in [1.807, 2.05) is 31.1 Å². The molecule has 1 aliphatic heterocycles. The first-order valence-corrected chi connectivity index (χ1v) is 13.9. The Balaban J connectivity index is 1.54. The summed E-state index contributed by atoms with van der Waals surface area (Å²) >= 11 is 0. The molecule has 4 aromatic carbocycles. The minimum absolute atomic E-state index is 0.0829. The first-order chi connectivity index (χ1) is 21.2. The molecule has 1 atom stereocenters. The molecule has 1 N–H and O–H groups in total. The highest BCUT2D eigenvalue weighted by atomic mass is 19.1. The number of ketones is 1. The van der Waals surface area contributed by atoms with Crippen LogP contribution < -0.4 is 19.9 Å². The van der Waals surface area contributed by atoms with Crippen LogP contribution in [0.2, 0.25) is 0 Å². The largest absolute Gasteiger partial charge is 0.497 e. The van der Waals surface area contributed by atoms with Gasteiger partial charge in [-0.15, -0.1) is 0 Å². The van der Waals surface area contributed by atoms with E-state index < -0.39 is 41.9 Å². The predicted octanol–water partition coefficient (Wildman–Crippen LogP) is 4.84. The molecule has 1 heterocycles. The Hall–Kier alpha value is -5.51. The van der Waals surface area contributed by atoms with E-state index >= 15 is 0 Å². The van der Waals surface area contributed by atoms with Crippen LogP contribution in [0.25, 0.3) is 0 Å². The monoisotopic (exact) mass is 594 g/mol. The third-order valence-corrected chi connectivity index (χ3v) is 7.40. The van der Waals surface area contributed by atoms with E-state index in [9.17, 15) is 23.6 Å². The van der Waals surface area contributed by atoms with Gasteiger partial charge in [-0.1, -0.05) is 36.4 Å². The Labute approximate surface area is 254 Å². The molecule has 0 aliphatic carbocycles. The summed E-state index contributed by atoms with van der Waals surface area (Å²) in [5.74, 6) is -2.52. The van der Waals surface area contributed by atoms with Gasteiger partial charge in [0.25, 0.3) is 17.6 Å². The summed E-state index contributed by atoms with van der Waals surface area (Å²) in [6.07, 6.45) is 0. The van der Waals surface area contributed by atoms with E-state index in [1.165, 1.54) is 42.3 Å². The standard InChI is InChI=1S/C34H31FN4O5/c1-37(2)26-16-14-25(15-17-26)36-33(42)31(23-10-18-27(44-3)19-11-23)39(20-22-8-12-24(35)13-9-22)30(40)21-38-29-7-5-4-6-28(29)32(41)34(38)43/h4-19,31H,20-21H2,1-3H3,(H,36,42)/t31-/m1/s1. The maximum atomic E-state index is 14.2. The topological polar surface area (TPSA) is 99.3 Å². The van der Waals surface area contributed by atoms with Crippen molar-refractivity contribution in [3.05, 3.63) is 120 Å². The summed E-state index contributed by atoms with van der Waals surface area (Å²) in [7, 11) is 5.33. The number of methoxy groups -OCH3 is 1. The number of nitrogens with zero attached hydrogens (tertiary/aromatic N) is 3. The molecule has 3 amide bonds. The third kappa shape index (κ3) is 6.29. The number of hydrogen-bond acceptors (Lipinski definition) is 6. The Morgan fingerprint density at radius 1 is 0.886 bits per heavy atom. The summed E-state index contributed by atoms with van der Waals surface area (Å²) in [6, 6.07) is 24.8. The second kappa shape index (κ2) is 12.8. The number of nitrogens with one attached hydrogen (secondary N) is 1. The molecule has 0 radical (unpaired) electrons. The number of hydrogen-bond donors (Lipinski definition) is 1. The van der Waals surface area contributed by atoms with Gasteiger partial charge in [-0.05, 0) is 71.8 Å². The first kappa shape index (κ1) is 30.0. The number of Topliss-reactive ketones (excluding diaryl/α,β-unsaturated/α-hetero) is 1. The Bertz CT molecular complexity index is 1690. The Morgan fingerprint density at radius 3 is 2.18 bits per heavy atom. The fourth-order valence-electron chi connectivity index (χ4n) is 5.05. The minimum Gasteiger partial charge on any atom is -0.497 e. The molecule has 10 heteroatoms. The quantitative estimate of drug-likeness (QED) is 0.264. The van der Waals surface area contributed by atoms with E-state index in [2.05, 4.69) is 5.32 Å². The Kier molecular flexibility index (Phi) is 8.71. The fourth-order valence-corrected chi connectivity index (χ4v) is 5.05. The average Bonchev–Trinajstić information content (AvgIpc) is 3.27. The number of carbonyl (C=O) groups excluding carboxylic acids is 4. The third-order valence-electron chi connectivity index (χ3n) is 7.40. The maximum absolute atomic E-state index is 14.2. The van der Waals surface area contributed by atoms with E-state index in [0.29, 0.717) is 28.3 Å². The molecular formula is C34H31FN4O5. The van der Waals surface area contributed by atoms with Gasteiger partial charge in [0.15, 0.2) is 0 Å². The van der Waals surface area contributed by atoms with Crippen molar-refractivity contribution in [3.63, 3.8) is 0 Å². The summed E-state index contributed by atoms with van der Waals surface area (Å²) in [4.78, 5) is 58.2. The number of anilines is 3. The van der Waals surface area contributed by atoms with Crippen molar-refractivity contribution in [3.8, 4) is 5.75 Å². The number of rotatable bonds is 10. The summed E-state index contributed by atoms with van der Waals surface area (Å²) in [5, 5.41) is 2.91. The fraction of sp³-hybridized carbons (Fsp3) is 0.176. The van der Waals surface area contributed by atoms with Gasteiger partial charge in [0.1, 0.15) is 24.2 Å². The molecule has 224 valence electrons. The van der Waals surface area contributed by atoms with Crippen molar-refractivity contribution in [2.75, 3.05) is 42.9 Å². The van der Waals surface area contributed by atoms with Crippen molar-refractivity contribution in [2.45, 2.75) is 12.6 Å². The molecule has 4 aromatic rings. The van der Waals surface area contributed by atoms with Gasteiger partial charge in [-0.2, -0.15) is 0 Å². The van der Waals surface area contributed by atoms with Gasteiger partial charge in [0.05, 0.1) is 18.4 Å². The molecule has 0 aromatic heterocycles. The van der Waals surface area contributed by atoms with E-state index in [-0.39, 0.29) is 12.1 Å². The van der Waals surface area contributed by atoms with Gasteiger partial charge >= 0.3 is 0 Å². The van der Waals surface area contributed by atoms with Crippen LogP contribution in [0.15, 0.2) is 97.1 Å². The molecule has 0 saturated carbocycles. The van der Waals surface area contributed by atoms with Gasteiger partial charge in [0.2, 0.25) is 5.91 Å². The lowest BCUT2D eigenvalue weighted by Crippen LogP contribution is -2.46. The zero-order chi connectivity index (χ0) is 31.4. The van der Waals surface area contributed by atoms with E-state index in [0.717, 1.165) is 10.6 Å². The zero-order valence-corrected chi connectivity index (χ0v) is 24.5. The molecule has 0 bridgehead atoms. The van der Waals surface area contributed by atoms with Crippen LogP contribution in [0.1, 0.15) is 27.5 Å². The number of para-hydroxylation sites is 1. The normalized spacial score (nSPS) is 12.9. The van der Waals surface area contributed by atoms with Crippen LogP contribution in [-0.4, -0.2) is 56.2 Å². The van der Waals surface area contributed by atoms with Gasteiger partial charge in [-0.3, -0.25) is 24.1 Å². The second-order valence-corrected chi connectivity index (χ2v) is 10.5. The molecule has 0 fully saturated rings. The molecule has 5 rings (SSSR count). The van der Waals surface area contributed by atoms with Crippen LogP contribution in [0.5, 0.6) is 5.75 Å². The van der Waals surface area contributed by atoms with Gasteiger partial charge in [0, 0.05) is 32.0 Å². The number of fused-ring (bicyclic) bond motifs is 1. The molecule has 9 nitrogen and oxygen atoms in total. The van der Waals surface area contributed by atoms with Crippen LogP contribution >= 0.6 is 0 Å². The SMILES string of the molecule is COc1ccc([C@H](C(=O)Nc2ccc(N(C)C)cc2)N(Cc2ccc(F)cc2)C(=O)CN2C(=O)C(=O)c3ccccc32)cc1. The minimum atomic E-state index is -1.17. The number of ether oxygens (including phenoxy) is 1. The second-order valence-electron chi connectivity index (χ2n) is 10.5.